The van der Waals surface area contributed by atoms with Gasteiger partial charge in [0, 0.05) is 12.3 Å². The fourth-order valence-electron chi connectivity index (χ4n) is 2.77. The predicted octanol–water partition coefficient (Wildman–Crippen LogP) is 2.26. The number of amides is 1. The van der Waals surface area contributed by atoms with Gasteiger partial charge in [0.2, 0.25) is 0 Å². The molecule has 28 heavy (non-hydrogen) atoms. The summed E-state index contributed by atoms with van der Waals surface area (Å²) in [6.07, 6.45) is 1.11. The van der Waals surface area contributed by atoms with Gasteiger partial charge < -0.3 is 14.8 Å². The highest BCUT2D eigenvalue weighted by Crippen LogP contribution is 2.36. The van der Waals surface area contributed by atoms with Gasteiger partial charge >= 0.3 is 0 Å². The molecule has 1 aliphatic rings. The van der Waals surface area contributed by atoms with E-state index in [0.717, 1.165) is 6.26 Å². The molecule has 0 aliphatic carbocycles. The largest absolute Gasteiger partial charge is 0.486 e. The maximum absolute atomic E-state index is 12.7. The summed E-state index contributed by atoms with van der Waals surface area (Å²) in [5, 5.41) is 14.1. The third kappa shape index (κ3) is 4.06. The molecule has 0 saturated heterocycles. The molecular formula is C18H18N2O7S. The van der Waals surface area contributed by atoms with Crippen molar-refractivity contribution in [3.8, 4) is 11.5 Å². The van der Waals surface area contributed by atoms with Gasteiger partial charge in [-0.05, 0) is 24.6 Å². The van der Waals surface area contributed by atoms with Crippen LogP contribution in [0.5, 0.6) is 11.5 Å². The number of hydrogen-bond donors (Lipinski definition) is 1. The molecule has 0 saturated carbocycles. The van der Waals surface area contributed by atoms with E-state index in [0.29, 0.717) is 5.56 Å². The predicted molar refractivity (Wildman–Crippen MR) is 99.5 cm³/mol. The lowest BCUT2D eigenvalue weighted by atomic mass is 10.1. The number of rotatable bonds is 5. The van der Waals surface area contributed by atoms with E-state index in [1.165, 1.54) is 24.3 Å². The van der Waals surface area contributed by atoms with E-state index < -0.39 is 26.7 Å². The second-order valence-corrected chi connectivity index (χ2v) is 8.32. The molecule has 9 nitrogen and oxygen atoms in total. The molecule has 148 valence electrons. The molecule has 1 amide bonds. The van der Waals surface area contributed by atoms with Gasteiger partial charge in [0.25, 0.3) is 11.6 Å². The first-order valence-corrected chi connectivity index (χ1v) is 10.2. The summed E-state index contributed by atoms with van der Waals surface area (Å²) in [6.45, 7) is 2.25. The summed E-state index contributed by atoms with van der Waals surface area (Å²) < 4.78 is 33.8. The monoisotopic (exact) mass is 406 g/mol. The molecule has 1 heterocycles. The Hall–Kier alpha value is -3.14. The third-order valence-electron chi connectivity index (χ3n) is 4.26. The van der Waals surface area contributed by atoms with Crippen LogP contribution in [0.2, 0.25) is 0 Å². The van der Waals surface area contributed by atoms with Crippen LogP contribution in [0.15, 0.2) is 41.3 Å². The number of nitro benzene ring substituents is 1. The Balaban J connectivity index is 1.85. The van der Waals surface area contributed by atoms with Crippen molar-refractivity contribution in [2.75, 3.05) is 19.5 Å². The van der Waals surface area contributed by atoms with Crippen LogP contribution >= 0.6 is 0 Å². The molecule has 0 aromatic heterocycles. The minimum atomic E-state index is -3.32. The van der Waals surface area contributed by atoms with Crippen molar-refractivity contribution in [3.63, 3.8) is 0 Å². The quantitative estimate of drug-likeness (QED) is 0.596. The van der Waals surface area contributed by atoms with E-state index >= 15 is 0 Å². The van der Waals surface area contributed by atoms with Gasteiger partial charge in [0.15, 0.2) is 21.3 Å². The van der Waals surface area contributed by atoms with Gasteiger partial charge in [-0.3, -0.25) is 14.9 Å². The maximum Gasteiger partial charge on any atom is 0.286 e. The van der Waals surface area contributed by atoms with Crippen LogP contribution in [0.1, 0.15) is 28.9 Å². The van der Waals surface area contributed by atoms with Crippen LogP contribution in [0.4, 0.5) is 5.69 Å². The summed E-state index contributed by atoms with van der Waals surface area (Å²) in [7, 11) is -3.32. The third-order valence-corrected chi connectivity index (χ3v) is 5.39. The molecule has 0 radical (unpaired) electrons. The average molecular weight is 406 g/mol. The molecule has 2 aromatic carbocycles. The van der Waals surface area contributed by atoms with Crippen molar-refractivity contribution in [2.24, 2.45) is 0 Å². The van der Waals surface area contributed by atoms with Crippen LogP contribution in [0.3, 0.4) is 0 Å². The summed E-state index contributed by atoms with van der Waals surface area (Å²) >= 11 is 0. The topological polar surface area (TPSA) is 125 Å². The standard InChI is InChI=1S/C18H18N2O7S/c1-11(12-3-5-13(6-4-12)28(2,24)25)19-18(21)14-9-16-17(27-8-7-26-16)10-15(14)20(22)23/h3-6,9-11H,7-8H2,1-2H3,(H,19,21). The second-order valence-electron chi connectivity index (χ2n) is 6.31. The summed E-state index contributed by atoms with van der Waals surface area (Å²) in [4.78, 5) is 23.5. The van der Waals surface area contributed by atoms with E-state index in [1.807, 2.05) is 0 Å². The zero-order valence-corrected chi connectivity index (χ0v) is 16.0. The number of carbonyl (C=O) groups excluding carboxylic acids is 1. The van der Waals surface area contributed by atoms with Gasteiger partial charge in [-0.2, -0.15) is 0 Å². The molecule has 3 rings (SSSR count). The molecule has 1 atom stereocenters. The van der Waals surface area contributed by atoms with Crippen molar-refractivity contribution in [2.45, 2.75) is 17.9 Å². The molecule has 0 bridgehead atoms. The zero-order chi connectivity index (χ0) is 20.5. The van der Waals surface area contributed by atoms with E-state index in [1.54, 1.807) is 19.1 Å². The van der Waals surface area contributed by atoms with Crippen molar-refractivity contribution in [1.82, 2.24) is 5.32 Å². The maximum atomic E-state index is 12.7. The van der Waals surface area contributed by atoms with Gasteiger partial charge in [-0.25, -0.2) is 8.42 Å². The normalized spacial score (nSPS) is 14.2. The number of nitro groups is 1. The number of fused-ring (bicyclic) bond motifs is 1. The minimum absolute atomic E-state index is 0.145. The number of ether oxygens (including phenoxy) is 2. The Morgan fingerprint density at radius 3 is 2.25 bits per heavy atom. The second kappa shape index (κ2) is 7.47. The van der Waals surface area contributed by atoms with E-state index in [9.17, 15) is 23.3 Å². The molecular weight excluding hydrogens is 388 g/mol. The van der Waals surface area contributed by atoms with Gasteiger partial charge in [-0.1, -0.05) is 12.1 Å². The molecule has 1 N–H and O–H groups in total. The highest BCUT2D eigenvalue weighted by Gasteiger charge is 2.27. The molecule has 2 aromatic rings. The van der Waals surface area contributed by atoms with Gasteiger partial charge in [0.1, 0.15) is 18.8 Å². The lowest BCUT2D eigenvalue weighted by Gasteiger charge is -2.19. The zero-order valence-electron chi connectivity index (χ0n) is 15.2. The Bertz CT molecular complexity index is 1030. The number of nitrogens with one attached hydrogen (secondary N) is 1. The lowest BCUT2D eigenvalue weighted by Crippen LogP contribution is -2.27. The van der Waals surface area contributed by atoms with Crippen LogP contribution in [0, 0.1) is 10.1 Å². The molecule has 1 aliphatic heterocycles. The van der Waals surface area contributed by atoms with Crippen LogP contribution in [-0.2, 0) is 9.84 Å². The number of carbonyl (C=O) groups is 1. The van der Waals surface area contributed by atoms with Crippen molar-refractivity contribution >= 4 is 21.4 Å². The fraction of sp³-hybridized carbons (Fsp3) is 0.278. The fourth-order valence-corrected chi connectivity index (χ4v) is 3.40. The first-order valence-electron chi connectivity index (χ1n) is 8.35. The Morgan fingerprint density at radius 2 is 1.71 bits per heavy atom. The Kier molecular flexibility index (Phi) is 5.23. The van der Waals surface area contributed by atoms with E-state index in [4.69, 9.17) is 9.47 Å². The van der Waals surface area contributed by atoms with Gasteiger partial charge in [-0.15, -0.1) is 0 Å². The summed E-state index contributed by atoms with van der Waals surface area (Å²) in [6, 6.07) is 8.02. The molecule has 0 spiro atoms. The Labute approximate surface area is 161 Å². The molecule has 1 unspecified atom stereocenters. The highest BCUT2D eigenvalue weighted by molar-refractivity contribution is 7.90. The smallest absolute Gasteiger partial charge is 0.286 e. The van der Waals surface area contributed by atoms with Crippen molar-refractivity contribution in [3.05, 3.63) is 57.6 Å². The van der Waals surface area contributed by atoms with Crippen LogP contribution in [0.25, 0.3) is 0 Å². The Morgan fingerprint density at radius 1 is 1.14 bits per heavy atom. The first kappa shape index (κ1) is 19.6. The van der Waals surface area contributed by atoms with Crippen LogP contribution in [-0.4, -0.2) is 38.7 Å². The van der Waals surface area contributed by atoms with E-state index in [-0.39, 0.29) is 40.9 Å². The molecule has 10 heteroatoms. The number of nitrogens with zero attached hydrogens (tertiary/aromatic N) is 1. The molecule has 0 fully saturated rings. The summed E-state index contributed by atoms with van der Waals surface area (Å²) in [5.41, 5.74) is 0.121. The van der Waals surface area contributed by atoms with Crippen LogP contribution < -0.4 is 14.8 Å². The first-order chi connectivity index (χ1) is 13.2. The number of hydrogen-bond acceptors (Lipinski definition) is 7. The number of sulfone groups is 1. The SMILES string of the molecule is CC(NC(=O)c1cc2c(cc1[N+](=O)[O-])OCCO2)c1ccc(S(C)(=O)=O)cc1. The van der Waals surface area contributed by atoms with Gasteiger partial charge in [0.05, 0.1) is 21.9 Å². The average Bonchev–Trinajstić information content (AvgIpc) is 2.66. The lowest BCUT2D eigenvalue weighted by molar-refractivity contribution is -0.385. The highest BCUT2D eigenvalue weighted by atomic mass is 32.2. The van der Waals surface area contributed by atoms with Crippen molar-refractivity contribution < 1.29 is 27.6 Å². The van der Waals surface area contributed by atoms with Crippen molar-refractivity contribution in [1.29, 1.82) is 0 Å². The minimum Gasteiger partial charge on any atom is -0.486 e. The number of benzene rings is 2. The van der Waals surface area contributed by atoms with E-state index in [2.05, 4.69) is 5.32 Å². The summed E-state index contributed by atoms with van der Waals surface area (Å²) in [5.74, 6) is -0.158.